The van der Waals surface area contributed by atoms with Gasteiger partial charge in [-0.15, -0.1) is 0 Å². The number of nitrogens with zero attached hydrogens (tertiary/aromatic N) is 4. The lowest BCUT2D eigenvalue weighted by Crippen LogP contribution is -2.42. The number of benzene rings is 1. The molecular formula is C28H29N7. The number of hydrogen-bond donors (Lipinski definition) is 3. The molecule has 1 saturated carbocycles. The van der Waals surface area contributed by atoms with Crippen LogP contribution in [0.15, 0.2) is 48.9 Å². The van der Waals surface area contributed by atoms with Gasteiger partial charge in [0.25, 0.3) is 0 Å². The van der Waals surface area contributed by atoms with Crippen LogP contribution in [-0.2, 0) is 0 Å². The molecule has 0 bridgehead atoms. The van der Waals surface area contributed by atoms with Crippen LogP contribution in [0.5, 0.6) is 0 Å². The number of para-hydroxylation sites is 1. The van der Waals surface area contributed by atoms with Crippen molar-refractivity contribution in [2.75, 3.05) is 18.4 Å². The van der Waals surface area contributed by atoms with Crippen molar-refractivity contribution < 1.29 is 0 Å². The fourth-order valence-electron chi connectivity index (χ4n) is 5.72. The highest BCUT2D eigenvalue weighted by molar-refractivity contribution is 6.12. The lowest BCUT2D eigenvalue weighted by molar-refractivity contribution is 0.368. The topological polar surface area (TPSA) is 91.4 Å². The highest BCUT2D eigenvalue weighted by Crippen LogP contribution is 2.42. The lowest BCUT2D eigenvalue weighted by atomic mass is 9.79. The highest BCUT2D eigenvalue weighted by Gasteiger charge is 2.27. The first-order chi connectivity index (χ1) is 17.3. The fourth-order valence-corrected chi connectivity index (χ4v) is 5.72. The Morgan fingerprint density at radius 1 is 1.00 bits per heavy atom. The van der Waals surface area contributed by atoms with E-state index in [1.165, 1.54) is 24.8 Å². The van der Waals surface area contributed by atoms with E-state index in [2.05, 4.69) is 50.7 Å². The SMILES string of the molecule is C[C@H]1CNCC[C@H]1Nc1nc(-c2ccnc3[nH]c4ccccc4c23)nc2cncc(C3CCC3)c12. The summed E-state index contributed by atoms with van der Waals surface area (Å²) in [6.07, 6.45) is 10.6. The van der Waals surface area contributed by atoms with E-state index in [1.807, 2.05) is 30.7 Å². The molecule has 1 aliphatic carbocycles. The number of piperidine rings is 1. The third-order valence-electron chi connectivity index (χ3n) is 7.93. The van der Waals surface area contributed by atoms with Crippen LogP contribution in [0.1, 0.15) is 44.1 Å². The average molecular weight is 464 g/mol. The number of anilines is 1. The second-order valence-electron chi connectivity index (χ2n) is 10.1. The summed E-state index contributed by atoms with van der Waals surface area (Å²) in [7, 11) is 0. The summed E-state index contributed by atoms with van der Waals surface area (Å²) in [5, 5.41) is 10.7. The van der Waals surface area contributed by atoms with Gasteiger partial charge in [0.15, 0.2) is 5.82 Å². The third kappa shape index (κ3) is 3.45. The maximum atomic E-state index is 5.23. The second kappa shape index (κ2) is 8.27. The van der Waals surface area contributed by atoms with Crippen LogP contribution in [0.4, 0.5) is 5.82 Å². The molecule has 4 aromatic heterocycles. The zero-order valence-corrected chi connectivity index (χ0v) is 19.9. The summed E-state index contributed by atoms with van der Waals surface area (Å²) in [6, 6.07) is 10.7. The van der Waals surface area contributed by atoms with Gasteiger partial charge >= 0.3 is 0 Å². The number of fused-ring (bicyclic) bond motifs is 4. The first-order valence-corrected chi connectivity index (χ1v) is 12.7. The Hall–Kier alpha value is -3.58. The van der Waals surface area contributed by atoms with Crippen LogP contribution in [-0.4, -0.2) is 44.1 Å². The first kappa shape index (κ1) is 20.8. The minimum absolute atomic E-state index is 0.371. The van der Waals surface area contributed by atoms with E-state index in [9.17, 15) is 0 Å². The number of aromatic amines is 1. The normalized spacial score (nSPS) is 20.9. The molecule has 1 saturated heterocycles. The van der Waals surface area contributed by atoms with Crippen LogP contribution >= 0.6 is 0 Å². The van der Waals surface area contributed by atoms with Crippen molar-refractivity contribution >= 4 is 38.7 Å². The largest absolute Gasteiger partial charge is 0.366 e. The molecule has 1 aromatic carbocycles. The van der Waals surface area contributed by atoms with Gasteiger partial charge in [-0.25, -0.2) is 15.0 Å². The van der Waals surface area contributed by atoms with Crippen LogP contribution in [0, 0.1) is 5.92 Å². The van der Waals surface area contributed by atoms with Gasteiger partial charge in [-0.05, 0) is 61.9 Å². The van der Waals surface area contributed by atoms with Crippen molar-refractivity contribution in [1.29, 1.82) is 0 Å². The smallest absolute Gasteiger partial charge is 0.163 e. The predicted molar refractivity (Wildman–Crippen MR) is 141 cm³/mol. The summed E-state index contributed by atoms with van der Waals surface area (Å²) in [5.74, 6) is 2.73. The van der Waals surface area contributed by atoms with Crippen LogP contribution in [0.2, 0.25) is 0 Å². The van der Waals surface area contributed by atoms with Gasteiger partial charge in [-0.3, -0.25) is 4.98 Å². The van der Waals surface area contributed by atoms with E-state index in [4.69, 9.17) is 9.97 Å². The Balaban J connectivity index is 1.45. The fraction of sp³-hybridized carbons (Fsp3) is 0.357. The molecule has 7 rings (SSSR count). The molecule has 7 nitrogen and oxygen atoms in total. The minimum Gasteiger partial charge on any atom is -0.366 e. The molecule has 5 aromatic rings. The maximum absolute atomic E-state index is 5.23. The zero-order chi connectivity index (χ0) is 23.4. The molecule has 35 heavy (non-hydrogen) atoms. The Labute approximate surface area is 203 Å². The first-order valence-electron chi connectivity index (χ1n) is 12.7. The van der Waals surface area contributed by atoms with Crippen molar-refractivity contribution in [2.45, 2.75) is 44.6 Å². The lowest BCUT2D eigenvalue weighted by Gasteiger charge is -2.32. The number of hydrogen-bond acceptors (Lipinski definition) is 6. The van der Waals surface area contributed by atoms with Gasteiger partial charge < -0.3 is 15.6 Å². The monoisotopic (exact) mass is 463 g/mol. The molecule has 2 fully saturated rings. The third-order valence-corrected chi connectivity index (χ3v) is 7.93. The average Bonchev–Trinajstić information content (AvgIpc) is 3.23. The summed E-state index contributed by atoms with van der Waals surface area (Å²) in [6.45, 7) is 4.35. The van der Waals surface area contributed by atoms with Crippen molar-refractivity contribution in [2.24, 2.45) is 5.92 Å². The van der Waals surface area contributed by atoms with Crippen molar-refractivity contribution in [3.8, 4) is 11.4 Å². The molecule has 7 heteroatoms. The predicted octanol–water partition coefficient (Wildman–Crippen LogP) is 5.40. The van der Waals surface area contributed by atoms with E-state index in [0.717, 1.165) is 63.7 Å². The van der Waals surface area contributed by atoms with E-state index < -0.39 is 0 Å². The van der Waals surface area contributed by atoms with Gasteiger partial charge in [-0.1, -0.05) is 31.5 Å². The van der Waals surface area contributed by atoms with Crippen molar-refractivity contribution in [1.82, 2.24) is 30.2 Å². The van der Waals surface area contributed by atoms with Gasteiger partial charge in [0, 0.05) is 45.7 Å². The summed E-state index contributed by atoms with van der Waals surface area (Å²) < 4.78 is 0. The maximum Gasteiger partial charge on any atom is 0.163 e. The number of H-pyrrole nitrogens is 1. The van der Waals surface area contributed by atoms with Crippen LogP contribution in [0.25, 0.3) is 44.2 Å². The van der Waals surface area contributed by atoms with E-state index in [-0.39, 0.29) is 0 Å². The molecule has 0 radical (unpaired) electrons. The van der Waals surface area contributed by atoms with Gasteiger partial charge in [0.2, 0.25) is 0 Å². The molecule has 3 N–H and O–H groups in total. The molecular weight excluding hydrogens is 434 g/mol. The Morgan fingerprint density at radius 2 is 1.91 bits per heavy atom. The van der Waals surface area contributed by atoms with E-state index >= 15 is 0 Å². The van der Waals surface area contributed by atoms with Gasteiger partial charge in [-0.2, -0.15) is 0 Å². The number of nitrogens with one attached hydrogen (secondary N) is 3. The molecule has 1 aliphatic heterocycles. The molecule has 0 unspecified atom stereocenters. The Bertz CT molecular complexity index is 1550. The molecule has 176 valence electrons. The Morgan fingerprint density at radius 3 is 2.77 bits per heavy atom. The Kier molecular flexibility index (Phi) is 4.91. The standard InChI is InChI=1S/C28H29N7/c1-16-13-29-11-10-21(16)32-28-25-20(17-5-4-6-17)14-30-15-23(25)34-26(35-28)19-9-12-31-27-24(19)18-7-2-3-8-22(18)33-27/h2-3,7-9,12,14-17,21,29H,4-6,10-11,13H2,1H3,(H,31,33)(H,32,34,35)/t16-,21+/m0/s1. The minimum atomic E-state index is 0.371. The summed E-state index contributed by atoms with van der Waals surface area (Å²) in [4.78, 5) is 23.0. The van der Waals surface area contributed by atoms with Gasteiger partial charge in [0.1, 0.15) is 11.5 Å². The number of pyridine rings is 2. The molecule has 5 heterocycles. The summed E-state index contributed by atoms with van der Waals surface area (Å²) >= 11 is 0. The quantitative estimate of drug-likeness (QED) is 0.331. The van der Waals surface area contributed by atoms with Crippen molar-refractivity contribution in [3.63, 3.8) is 0 Å². The zero-order valence-electron chi connectivity index (χ0n) is 19.9. The van der Waals surface area contributed by atoms with E-state index in [1.54, 1.807) is 0 Å². The molecule has 2 atom stereocenters. The number of rotatable bonds is 4. The summed E-state index contributed by atoms with van der Waals surface area (Å²) in [5.41, 5.74) is 5.11. The molecule has 0 spiro atoms. The van der Waals surface area contributed by atoms with Crippen LogP contribution in [0.3, 0.4) is 0 Å². The highest BCUT2D eigenvalue weighted by atomic mass is 15.1. The van der Waals surface area contributed by atoms with Crippen molar-refractivity contribution in [3.05, 3.63) is 54.5 Å². The van der Waals surface area contributed by atoms with Crippen LogP contribution < -0.4 is 10.6 Å². The molecule has 0 amide bonds. The van der Waals surface area contributed by atoms with E-state index in [0.29, 0.717) is 23.7 Å². The molecule has 2 aliphatic rings. The second-order valence-corrected chi connectivity index (χ2v) is 10.1. The van der Waals surface area contributed by atoms with Gasteiger partial charge in [0.05, 0.1) is 11.7 Å². The number of aromatic nitrogens is 5.